The van der Waals surface area contributed by atoms with Gasteiger partial charge in [0.2, 0.25) is 0 Å². The molecule has 0 saturated carbocycles. The molecule has 1 saturated heterocycles. The van der Waals surface area contributed by atoms with E-state index in [0.29, 0.717) is 22.2 Å². The molecule has 1 aliphatic heterocycles. The minimum absolute atomic E-state index is 0.0406. The third kappa shape index (κ3) is 3.70. The van der Waals surface area contributed by atoms with E-state index in [1.807, 2.05) is 32.0 Å². The summed E-state index contributed by atoms with van der Waals surface area (Å²) in [5.41, 5.74) is 1.49. The fraction of sp³-hybridized carbons (Fsp3) is 0.261. The van der Waals surface area contributed by atoms with Gasteiger partial charge in [0.05, 0.1) is 0 Å². The molecular weight excluding hydrogens is 387 g/mol. The van der Waals surface area contributed by atoms with Crippen LogP contribution >= 0.6 is 0 Å². The number of amides is 2. The number of alkyl carbamates (subject to hydrolysis) is 1. The van der Waals surface area contributed by atoms with Crippen LogP contribution in [0.4, 0.5) is 9.18 Å². The number of pyridine rings is 1. The zero-order valence-corrected chi connectivity index (χ0v) is 16.6. The molecule has 3 aromatic rings. The number of carbonyl (C=O) groups is 2. The smallest absolute Gasteiger partial charge is 0.414 e. The number of aromatic nitrogens is 1. The number of ether oxygens (including phenoxy) is 1. The molecule has 6 nitrogen and oxygen atoms in total. The van der Waals surface area contributed by atoms with E-state index in [9.17, 15) is 18.8 Å². The van der Waals surface area contributed by atoms with Gasteiger partial charge in [-0.05, 0) is 41.0 Å². The summed E-state index contributed by atoms with van der Waals surface area (Å²) in [4.78, 5) is 38.9. The second-order valence-corrected chi connectivity index (χ2v) is 7.80. The van der Waals surface area contributed by atoms with Crippen LogP contribution in [0.5, 0.6) is 0 Å². The van der Waals surface area contributed by atoms with E-state index in [1.54, 1.807) is 24.3 Å². The highest BCUT2D eigenvalue weighted by Crippen LogP contribution is 2.30. The number of H-pyrrole nitrogens is 1. The fourth-order valence-corrected chi connectivity index (χ4v) is 3.88. The van der Waals surface area contributed by atoms with Crippen LogP contribution in [-0.4, -0.2) is 23.1 Å². The van der Waals surface area contributed by atoms with Gasteiger partial charge in [-0.3, -0.25) is 14.9 Å². The minimum Gasteiger partial charge on any atom is -0.436 e. The van der Waals surface area contributed by atoms with Gasteiger partial charge in [-0.1, -0.05) is 44.2 Å². The van der Waals surface area contributed by atoms with Gasteiger partial charge in [-0.2, -0.15) is 0 Å². The first kappa shape index (κ1) is 19.8. The van der Waals surface area contributed by atoms with Gasteiger partial charge in [0.15, 0.2) is 6.10 Å². The molecule has 0 bridgehead atoms. The Morgan fingerprint density at radius 3 is 2.53 bits per heavy atom. The standard InChI is InChI=1S/C23H21FN2O4/c1-12(2)16(11-20-22(28)26-23(29)30-20)15-8-9-19(25-21(15)27)14-7-6-13-4-3-5-18(24)17(13)10-14/h3-10,12,16,20H,11H2,1-2H3,(H,25,27)(H,26,28,29)/t16-,20-/m0/s1. The maximum Gasteiger partial charge on any atom is 0.414 e. The van der Waals surface area contributed by atoms with Gasteiger partial charge < -0.3 is 9.72 Å². The van der Waals surface area contributed by atoms with Crippen LogP contribution in [0.1, 0.15) is 31.7 Å². The lowest BCUT2D eigenvalue weighted by molar-refractivity contribution is -0.123. The van der Waals surface area contributed by atoms with Gasteiger partial charge in [0.25, 0.3) is 11.5 Å². The zero-order valence-electron chi connectivity index (χ0n) is 16.6. The van der Waals surface area contributed by atoms with Gasteiger partial charge in [-0.25, -0.2) is 9.18 Å². The maximum absolute atomic E-state index is 14.1. The topological polar surface area (TPSA) is 88.3 Å². The Morgan fingerprint density at radius 1 is 1.07 bits per heavy atom. The van der Waals surface area contributed by atoms with Crippen molar-refractivity contribution in [2.45, 2.75) is 32.3 Å². The van der Waals surface area contributed by atoms with Crippen LogP contribution in [-0.2, 0) is 9.53 Å². The number of fused-ring (bicyclic) bond motifs is 1. The van der Waals surface area contributed by atoms with Crippen molar-refractivity contribution in [2.75, 3.05) is 0 Å². The number of carbonyl (C=O) groups excluding carboxylic acids is 2. The van der Waals surface area contributed by atoms with Crippen molar-refractivity contribution in [2.24, 2.45) is 5.92 Å². The number of rotatable bonds is 5. The van der Waals surface area contributed by atoms with E-state index in [-0.39, 0.29) is 29.6 Å². The summed E-state index contributed by atoms with van der Waals surface area (Å²) >= 11 is 0. The van der Waals surface area contributed by atoms with Crippen LogP contribution in [0.3, 0.4) is 0 Å². The fourth-order valence-electron chi connectivity index (χ4n) is 3.88. The van der Waals surface area contributed by atoms with Crippen molar-refractivity contribution in [3.63, 3.8) is 0 Å². The summed E-state index contributed by atoms with van der Waals surface area (Å²) in [6.07, 6.45) is -1.45. The number of halogens is 1. The van der Waals surface area contributed by atoms with Gasteiger partial charge in [0.1, 0.15) is 5.82 Å². The van der Waals surface area contributed by atoms with Crippen molar-refractivity contribution in [1.29, 1.82) is 0 Å². The average Bonchev–Trinajstić information content (AvgIpc) is 3.03. The Bertz CT molecular complexity index is 1200. The lowest BCUT2D eigenvalue weighted by Crippen LogP contribution is -2.29. The number of hydrogen-bond acceptors (Lipinski definition) is 4. The number of nitrogens with one attached hydrogen (secondary N) is 2. The van der Waals surface area contributed by atoms with Gasteiger partial charge in [-0.15, -0.1) is 0 Å². The molecule has 2 N–H and O–H groups in total. The monoisotopic (exact) mass is 408 g/mol. The van der Waals surface area contributed by atoms with E-state index in [1.165, 1.54) is 6.07 Å². The Morgan fingerprint density at radius 2 is 1.87 bits per heavy atom. The van der Waals surface area contributed by atoms with E-state index in [2.05, 4.69) is 10.3 Å². The summed E-state index contributed by atoms with van der Waals surface area (Å²) in [5, 5.41) is 3.37. The van der Waals surface area contributed by atoms with Crippen molar-refractivity contribution >= 4 is 22.8 Å². The van der Waals surface area contributed by atoms with E-state index < -0.39 is 18.1 Å². The van der Waals surface area contributed by atoms with E-state index >= 15 is 0 Å². The molecule has 0 radical (unpaired) electrons. The molecule has 154 valence electrons. The third-order valence-electron chi connectivity index (χ3n) is 5.52. The predicted molar refractivity (Wildman–Crippen MR) is 111 cm³/mol. The Labute approximate surface area is 172 Å². The zero-order chi connectivity index (χ0) is 21.4. The molecule has 2 amide bonds. The molecular formula is C23H21FN2O4. The number of benzene rings is 2. The molecule has 1 fully saturated rings. The summed E-state index contributed by atoms with van der Waals surface area (Å²) in [6.45, 7) is 3.89. The largest absolute Gasteiger partial charge is 0.436 e. The molecule has 2 heterocycles. The molecule has 30 heavy (non-hydrogen) atoms. The van der Waals surface area contributed by atoms with E-state index in [0.717, 1.165) is 5.39 Å². The first-order valence-corrected chi connectivity index (χ1v) is 9.77. The highest BCUT2D eigenvalue weighted by atomic mass is 19.1. The summed E-state index contributed by atoms with van der Waals surface area (Å²) in [5.74, 6) is -1.05. The minimum atomic E-state index is -0.910. The van der Waals surface area contributed by atoms with Crippen molar-refractivity contribution in [3.05, 3.63) is 70.3 Å². The lowest BCUT2D eigenvalue weighted by atomic mass is 9.84. The van der Waals surface area contributed by atoms with Crippen LogP contribution in [0.15, 0.2) is 53.3 Å². The number of imide groups is 1. The lowest BCUT2D eigenvalue weighted by Gasteiger charge is -2.22. The second-order valence-electron chi connectivity index (χ2n) is 7.80. The molecule has 0 unspecified atom stereocenters. The van der Waals surface area contributed by atoms with Crippen LogP contribution in [0.25, 0.3) is 22.0 Å². The Kier molecular flexibility index (Phi) is 5.11. The number of aromatic amines is 1. The molecule has 2 atom stereocenters. The van der Waals surface area contributed by atoms with Crippen LogP contribution in [0.2, 0.25) is 0 Å². The summed E-state index contributed by atoms with van der Waals surface area (Å²) < 4.78 is 19.1. The van der Waals surface area contributed by atoms with Crippen LogP contribution in [0, 0.1) is 11.7 Å². The number of cyclic esters (lactones) is 1. The molecule has 7 heteroatoms. The quantitative estimate of drug-likeness (QED) is 0.665. The molecule has 0 spiro atoms. The molecule has 1 aromatic heterocycles. The predicted octanol–water partition coefficient (Wildman–Crippen LogP) is 4.10. The summed E-state index contributed by atoms with van der Waals surface area (Å²) in [7, 11) is 0. The number of hydrogen-bond donors (Lipinski definition) is 2. The van der Waals surface area contributed by atoms with E-state index in [4.69, 9.17) is 4.74 Å². The maximum atomic E-state index is 14.1. The molecule has 4 rings (SSSR count). The van der Waals surface area contributed by atoms with Crippen molar-refractivity contribution in [1.82, 2.24) is 10.3 Å². The third-order valence-corrected chi connectivity index (χ3v) is 5.52. The molecule has 1 aliphatic rings. The summed E-state index contributed by atoms with van der Waals surface area (Å²) in [6, 6.07) is 13.7. The normalized spacial score (nSPS) is 17.3. The van der Waals surface area contributed by atoms with Crippen molar-refractivity contribution in [3.8, 4) is 11.3 Å². The highest BCUT2D eigenvalue weighted by molar-refractivity contribution is 5.99. The Hall–Kier alpha value is -3.48. The molecule has 0 aliphatic carbocycles. The average molecular weight is 408 g/mol. The first-order valence-electron chi connectivity index (χ1n) is 9.77. The SMILES string of the molecule is CC(C)[C@H](C[C@@H]1OC(=O)NC1=O)c1ccc(-c2ccc3cccc(F)c3c2)[nH]c1=O. The van der Waals surface area contributed by atoms with Gasteiger partial charge in [0, 0.05) is 23.1 Å². The first-order chi connectivity index (χ1) is 14.3. The second kappa shape index (κ2) is 7.74. The van der Waals surface area contributed by atoms with Crippen molar-refractivity contribution < 1.29 is 18.7 Å². The van der Waals surface area contributed by atoms with Crippen LogP contribution < -0.4 is 10.9 Å². The molecule has 2 aromatic carbocycles. The van der Waals surface area contributed by atoms with Gasteiger partial charge >= 0.3 is 6.09 Å². The highest BCUT2D eigenvalue weighted by Gasteiger charge is 2.36. The Balaban J connectivity index is 1.66.